The molecule has 14 heteroatoms. The number of amides is 4. The Labute approximate surface area is 302 Å². The van der Waals surface area contributed by atoms with E-state index in [1.165, 1.54) is 14.2 Å². The molecule has 0 radical (unpaired) electrons. The van der Waals surface area contributed by atoms with Gasteiger partial charge in [-0.1, -0.05) is 64.8 Å². The summed E-state index contributed by atoms with van der Waals surface area (Å²) < 4.78 is 11.7. The lowest BCUT2D eigenvalue weighted by atomic mass is 9.90. The molecule has 4 amide bonds. The van der Waals surface area contributed by atoms with Gasteiger partial charge in [0.25, 0.3) is 0 Å². The van der Waals surface area contributed by atoms with Crippen LogP contribution in [0.4, 0.5) is 0 Å². The number of benzene rings is 1. The minimum absolute atomic E-state index is 0.0150. The van der Waals surface area contributed by atoms with Crippen molar-refractivity contribution in [2.75, 3.05) is 41.4 Å². The van der Waals surface area contributed by atoms with Gasteiger partial charge in [0, 0.05) is 39.3 Å². The summed E-state index contributed by atoms with van der Waals surface area (Å²) in [4.78, 5) is 68.7. The predicted molar refractivity (Wildman–Crippen MR) is 192 cm³/mol. The van der Waals surface area contributed by atoms with E-state index in [2.05, 4.69) is 16.0 Å². The maximum Gasteiger partial charge on any atom is 0.326 e. The van der Waals surface area contributed by atoms with Crippen molar-refractivity contribution >= 4 is 41.2 Å². The zero-order valence-electron chi connectivity index (χ0n) is 31.0. The van der Waals surface area contributed by atoms with Gasteiger partial charge in [0.1, 0.15) is 6.04 Å². The van der Waals surface area contributed by atoms with Gasteiger partial charge in [-0.25, -0.2) is 4.79 Å². The van der Waals surface area contributed by atoms with Crippen LogP contribution in [0.5, 0.6) is 0 Å². The van der Waals surface area contributed by atoms with Crippen LogP contribution in [0.15, 0.2) is 24.3 Å². The lowest BCUT2D eigenvalue weighted by molar-refractivity contribution is -0.147. The summed E-state index contributed by atoms with van der Waals surface area (Å²) in [6.07, 6.45) is 0.707. The molecule has 0 bridgehead atoms. The van der Waals surface area contributed by atoms with Crippen molar-refractivity contribution in [3.8, 4) is 0 Å². The van der Waals surface area contributed by atoms with Crippen LogP contribution in [-0.2, 0) is 39.9 Å². The van der Waals surface area contributed by atoms with Crippen molar-refractivity contribution in [1.29, 1.82) is 0 Å². The molecule has 1 aliphatic heterocycles. The fraction of sp³-hybridized carbons (Fsp3) is 0.694. The third-order valence-corrected chi connectivity index (χ3v) is 10.2. The summed E-state index contributed by atoms with van der Waals surface area (Å²) in [6, 6.07) is 4.30. The van der Waals surface area contributed by atoms with Crippen molar-refractivity contribution in [2.45, 2.75) is 103 Å². The van der Waals surface area contributed by atoms with Crippen molar-refractivity contribution in [1.82, 2.24) is 25.8 Å². The molecule has 13 nitrogen and oxygen atoms in total. The minimum atomic E-state index is -1.19. The van der Waals surface area contributed by atoms with Crippen LogP contribution in [0.2, 0.25) is 5.02 Å². The van der Waals surface area contributed by atoms with Gasteiger partial charge in [-0.05, 0) is 49.4 Å². The van der Waals surface area contributed by atoms with E-state index in [9.17, 15) is 29.1 Å². The van der Waals surface area contributed by atoms with E-state index in [1.54, 1.807) is 55.1 Å². The molecule has 0 aliphatic carbocycles. The third kappa shape index (κ3) is 11.6. The van der Waals surface area contributed by atoms with Crippen LogP contribution < -0.4 is 16.0 Å². The van der Waals surface area contributed by atoms with E-state index >= 15 is 0 Å². The molecular formula is C36H58ClN5O8. The molecule has 282 valence electrons. The number of carboxylic acids is 1. The molecule has 0 spiro atoms. The summed E-state index contributed by atoms with van der Waals surface area (Å²) >= 11 is 6.07. The summed E-state index contributed by atoms with van der Waals surface area (Å²) in [5.74, 6) is -3.21. The van der Waals surface area contributed by atoms with Crippen LogP contribution in [0.1, 0.15) is 65.9 Å². The highest BCUT2D eigenvalue weighted by Crippen LogP contribution is 2.29. The topological polar surface area (TPSA) is 167 Å². The quantitative estimate of drug-likeness (QED) is 0.158. The molecule has 1 fully saturated rings. The van der Waals surface area contributed by atoms with E-state index in [4.69, 9.17) is 21.1 Å². The Morgan fingerprint density at radius 3 is 2.30 bits per heavy atom. The molecule has 0 saturated carbocycles. The second-order valence-corrected chi connectivity index (χ2v) is 14.0. The monoisotopic (exact) mass is 723 g/mol. The number of nitrogens with zero attached hydrogens (tertiary/aromatic N) is 2. The Balaban J connectivity index is 2.17. The lowest BCUT2D eigenvalue weighted by Crippen LogP contribution is -2.55. The number of ether oxygens (including phenoxy) is 2. The number of halogens is 1. The molecule has 8 atom stereocenters. The van der Waals surface area contributed by atoms with Crippen LogP contribution >= 0.6 is 11.6 Å². The van der Waals surface area contributed by atoms with Crippen molar-refractivity contribution in [3.63, 3.8) is 0 Å². The molecule has 1 aliphatic rings. The Morgan fingerprint density at radius 1 is 1.08 bits per heavy atom. The normalized spacial score (nSPS) is 18.8. The summed E-state index contributed by atoms with van der Waals surface area (Å²) in [6.45, 7) is 9.77. The molecule has 1 aromatic rings. The SMILES string of the molecule is CCC(C)C(C(CC(=O)N1CCCC1C(OC)C(C)C(=O)NC(Cc1cccc(Cl)c1)C(=O)O)OC)N(C)C(=O)CNC(=O)C(NC)C(C)C. The number of methoxy groups -OCH3 is 2. The Bertz CT molecular complexity index is 1300. The number of nitrogens with one attached hydrogen (secondary N) is 3. The summed E-state index contributed by atoms with van der Waals surface area (Å²) in [5, 5.41) is 18.7. The maximum absolute atomic E-state index is 14.0. The van der Waals surface area contributed by atoms with E-state index in [-0.39, 0.29) is 48.9 Å². The number of rotatable bonds is 20. The number of likely N-dealkylation sites (tertiary alicyclic amines) is 1. The first-order chi connectivity index (χ1) is 23.6. The highest BCUT2D eigenvalue weighted by atomic mass is 35.5. The van der Waals surface area contributed by atoms with Gasteiger partial charge in [-0.15, -0.1) is 0 Å². The Kier molecular flexibility index (Phi) is 17.6. The van der Waals surface area contributed by atoms with Crippen molar-refractivity contribution in [3.05, 3.63) is 34.9 Å². The second-order valence-electron chi connectivity index (χ2n) is 13.6. The number of likely N-dealkylation sites (N-methyl/N-ethyl adjacent to an activating group) is 2. The lowest BCUT2D eigenvalue weighted by Gasteiger charge is -2.39. The number of carbonyl (C=O) groups excluding carboxylic acids is 4. The number of hydrogen-bond donors (Lipinski definition) is 4. The smallest absolute Gasteiger partial charge is 0.326 e. The number of hydrogen-bond acceptors (Lipinski definition) is 8. The van der Waals surface area contributed by atoms with Gasteiger partial charge in [-0.3, -0.25) is 19.2 Å². The van der Waals surface area contributed by atoms with Crippen molar-refractivity contribution in [2.24, 2.45) is 17.8 Å². The second kappa shape index (κ2) is 20.6. The fourth-order valence-corrected chi connectivity index (χ4v) is 7.11. The standard InChI is InChI=1S/C36H58ClN5O8/c1-10-22(4)32(41(7)30(44)20-39-35(46)31(38-6)21(2)3)28(49-8)19-29(43)42-16-12-15-27(42)33(50-9)23(5)34(45)40-26(36(47)48)18-24-13-11-14-25(37)17-24/h11,13-14,17,21-23,26-28,31-33,38H,10,12,15-16,18-20H2,1-9H3,(H,39,46)(H,40,45)(H,47,48). The van der Waals surface area contributed by atoms with E-state index in [1.807, 2.05) is 27.7 Å². The summed E-state index contributed by atoms with van der Waals surface area (Å²) in [7, 11) is 6.36. The highest BCUT2D eigenvalue weighted by molar-refractivity contribution is 6.30. The molecule has 0 aromatic heterocycles. The minimum Gasteiger partial charge on any atom is -0.480 e. The van der Waals surface area contributed by atoms with E-state index < -0.39 is 54.2 Å². The fourth-order valence-electron chi connectivity index (χ4n) is 6.89. The van der Waals surface area contributed by atoms with Crippen LogP contribution in [-0.4, -0.2) is 122 Å². The zero-order chi connectivity index (χ0) is 37.7. The predicted octanol–water partition coefficient (Wildman–Crippen LogP) is 2.73. The molecular weight excluding hydrogens is 666 g/mol. The summed E-state index contributed by atoms with van der Waals surface area (Å²) in [5.41, 5.74) is 0.669. The van der Waals surface area contributed by atoms with Crippen LogP contribution in [0.3, 0.4) is 0 Å². The van der Waals surface area contributed by atoms with E-state index in [0.717, 1.165) is 6.42 Å². The van der Waals surface area contributed by atoms with Crippen LogP contribution in [0, 0.1) is 17.8 Å². The third-order valence-electron chi connectivity index (χ3n) is 9.92. The molecule has 50 heavy (non-hydrogen) atoms. The Morgan fingerprint density at radius 2 is 1.76 bits per heavy atom. The van der Waals surface area contributed by atoms with Gasteiger partial charge in [0.05, 0.1) is 49.2 Å². The average Bonchev–Trinajstić information content (AvgIpc) is 3.56. The Hall–Kier alpha value is -3.26. The highest BCUT2D eigenvalue weighted by Gasteiger charge is 2.42. The van der Waals surface area contributed by atoms with Crippen LogP contribution in [0.25, 0.3) is 0 Å². The van der Waals surface area contributed by atoms with Gasteiger partial charge >= 0.3 is 5.97 Å². The molecule has 1 heterocycles. The van der Waals surface area contributed by atoms with E-state index in [0.29, 0.717) is 30.0 Å². The van der Waals surface area contributed by atoms with Gasteiger partial charge in [0.15, 0.2) is 0 Å². The zero-order valence-corrected chi connectivity index (χ0v) is 31.8. The first-order valence-corrected chi connectivity index (χ1v) is 17.8. The maximum atomic E-state index is 14.0. The first-order valence-electron chi connectivity index (χ1n) is 17.4. The van der Waals surface area contributed by atoms with Gasteiger partial charge in [-0.2, -0.15) is 0 Å². The average molecular weight is 724 g/mol. The van der Waals surface area contributed by atoms with Gasteiger partial charge < -0.3 is 40.3 Å². The van der Waals surface area contributed by atoms with Gasteiger partial charge in [0.2, 0.25) is 23.6 Å². The molecule has 2 rings (SSSR count). The first kappa shape index (κ1) is 42.9. The van der Waals surface area contributed by atoms with Crippen molar-refractivity contribution < 1.29 is 38.6 Å². The molecule has 1 aromatic carbocycles. The largest absolute Gasteiger partial charge is 0.480 e. The number of carbonyl (C=O) groups is 5. The molecule has 8 unspecified atom stereocenters. The number of carboxylic acid groups (broad SMARTS) is 1. The molecule has 1 saturated heterocycles. The molecule has 4 N–H and O–H groups in total. The number of aliphatic carboxylic acids is 1.